The van der Waals surface area contributed by atoms with Gasteiger partial charge in [0.1, 0.15) is 5.75 Å². The highest BCUT2D eigenvalue weighted by Gasteiger charge is 2.34. The molecule has 0 spiro atoms. The summed E-state index contributed by atoms with van der Waals surface area (Å²) in [6.07, 6.45) is 1.56. The zero-order chi connectivity index (χ0) is 16.4. The number of rotatable bonds is 4. The second-order valence-electron chi connectivity index (χ2n) is 4.95. The summed E-state index contributed by atoms with van der Waals surface area (Å²) in [5, 5.41) is 0. The number of esters is 2. The number of hydrogen-bond donors (Lipinski definition) is 0. The summed E-state index contributed by atoms with van der Waals surface area (Å²) >= 11 is 0. The Bertz CT molecular complexity index is 820. The molecule has 0 aromatic heterocycles. The lowest BCUT2D eigenvalue weighted by molar-refractivity contribution is -0.141. The van der Waals surface area contributed by atoms with Crippen LogP contribution in [-0.4, -0.2) is 11.9 Å². The first-order valence-corrected chi connectivity index (χ1v) is 7.05. The SMILES string of the molecule is C=CC(=O)Oc1cccc2c1C(OC(=O)C=C)c1ccccc1-2. The Morgan fingerprint density at radius 2 is 1.61 bits per heavy atom. The quantitative estimate of drug-likeness (QED) is 0.492. The standard InChI is InChI=1S/C19H14O4/c1-3-16(20)22-15-11-7-10-13-12-8-5-6-9-14(12)19(18(13)15)23-17(21)4-2/h3-11,19H,1-2H2. The predicted octanol–water partition coefficient (Wildman–Crippen LogP) is 3.58. The normalized spacial score (nSPS) is 14.3. The van der Waals surface area contributed by atoms with Gasteiger partial charge in [-0.05, 0) is 17.2 Å². The highest BCUT2D eigenvalue weighted by molar-refractivity contribution is 5.87. The number of benzene rings is 2. The van der Waals surface area contributed by atoms with Crippen molar-refractivity contribution in [1.29, 1.82) is 0 Å². The highest BCUT2D eigenvalue weighted by Crippen LogP contribution is 2.49. The minimum absolute atomic E-state index is 0.352. The van der Waals surface area contributed by atoms with E-state index in [4.69, 9.17) is 9.47 Å². The van der Waals surface area contributed by atoms with Gasteiger partial charge >= 0.3 is 11.9 Å². The van der Waals surface area contributed by atoms with Gasteiger partial charge in [-0.15, -0.1) is 0 Å². The van der Waals surface area contributed by atoms with E-state index in [-0.39, 0.29) is 0 Å². The van der Waals surface area contributed by atoms with Gasteiger partial charge in [0.25, 0.3) is 0 Å². The molecule has 0 saturated heterocycles. The van der Waals surface area contributed by atoms with Gasteiger partial charge in [-0.2, -0.15) is 0 Å². The van der Waals surface area contributed by atoms with E-state index in [2.05, 4.69) is 13.2 Å². The molecule has 2 aromatic rings. The van der Waals surface area contributed by atoms with E-state index < -0.39 is 18.0 Å². The molecule has 0 N–H and O–H groups in total. The van der Waals surface area contributed by atoms with Crippen LogP contribution in [0.4, 0.5) is 0 Å². The van der Waals surface area contributed by atoms with Gasteiger partial charge in [0.2, 0.25) is 0 Å². The minimum atomic E-state index is -0.638. The smallest absolute Gasteiger partial charge is 0.335 e. The van der Waals surface area contributed by atoms with Crippen molar-refractivity contribution in [3.63, 3.8) is 0 Å². The van der Waals surface area contributed by atoms with Crippen LogP contribution in [-0.2, 0) is 14.3 Å². The van der Waals surface area contributed by atoms with E-state index in [0.717, 1.165) is 28.8 Å². The molecule has 4 nitrogen and oxygen atoms in total. The number of hydrogen-bond acceptors (Lipinski definition) is 4. The molecule has 2 aromatic carbocycles. The van der Waals surface area contributed by atoms with E-state index in [9.17, 15) is 9.59 Å². The average molecular weight is 306 g/mol. The van der Waals surface area contributed by atoms with Crippen LogP contribution in [0.5, 0.6) is 5.75 Å². The molecule has 0 radical (unpaired) electrons. The summed E-state index contributed by atoms with van der Waals surface area (Å²) in [7, 11) is 0. The van der Waals surface area contributed by atoms with Crippen molar-refractivity contribution >= 4 is 11.9 Å². The molecule has 0 bridgehead atoms. The summed E-state index contributed by atoms with van der Waals surface area (Å²) in [6, 6.07) is 13.0. The third kappa shape index (κ3) is 2.55. The fourth-order valence-electron chi connectivity index (χ4n) is 2.70. The minimum Gasteiger partial charge on any atom is -0.449 e. The average Bonchev–Trinajstić information content (AvgIpc) is 2.90. The highest BCUT2D eigenvalue weighted by atomic mass is 16.6. The van der Waals surface area contributed by atoms with Crippen LogP contribution in [0.1, 0.15) is 17.2 Å². The number of ether oxygens (including phenoxy) is 2. The monoisotopic (exact) mass is 306 g/mol. The van der Waals surface area contributed by atoms with Crippen molar-refractivity contribution in [2.45, 2.75) is 6.10 Å². The van der Waals surface area contributed by atoms with Gasteiger partial charge in [-0.3, -0.25) is 0 Å². The molecule has 0 saturated carbocycles. The van der Waals surface area contributed by atoms with E-state index >= 15 is 0 Å². The predicted molar refractivity (Wildman–Crippen MR) is 85.8 cm³/mol. The third-order valence-electron chi connectivity index (χ3n) is 3.64. The first-order chi connectivity index (χ1) is 11.2. The zero-order valence-corrected chi connectivity index (χ0v) is 12.3. The van der Waals surface area contributed by atoms with E-state index in [0.29, 0.717) is 11.3 Å². The Labute approximate surface area is 133 Å². The van der Waals surface area contributed by atoms with Crippen molar-refractivity contribution < 1.29 is 19.1 Å². The van der Waals surface area contributed by atoms with Crippen LogP contribution < -0.4 is 4.74 Å². The largest absolute Gasteiger partial charge is 0.449 e. The molecule has 0 heterocycles. The van der Waals surface area contributed by atoms with Gasteiger partial charge in [0.15, 0.2) is 6.10 Å². The summed E-state index contributed by atoms with van der Waals surface area (Å²) in [6.45, 7) is 6.82. The van der Waals surface area contributed by atoms with Crippen LogP contribution in [0, 0.1) is 0 Å². The molecule has 23 heavy (non-hydrogen) atoms. The zero-order valence-electron chi connectivity index (χ0n) is 12.3. The lowest BCUT2D eigenvalue weighted by Gasteiger charge is -2.16. The first kappa shape index (κ1) is 14.8. The lowest BCUT2D eigenvalue weighted by Crippen LogP contribution is -2.11. The van der Waals surface area contributed by atoms with Crippen molar-refractivity contribution in [1.82, 2.24) is 0 Å². The molecule has 0 amide bonds. The fraction of sp³-hybridized carbons (Fsp3) is 0.0526. The van der Waals surface area contributed by atoms with Crippen molar-refractivity contribution in [3.8, 4) is 16.9 Å². The maximum atomic E-state index is 11.7. The Hall–Kier alpha value is -3.14. The molecule has 1 unspecified atom stereocenters. The van der Waals surface area contributed by atoms with E-state index in [1.54, 1.807) is 12.1 Å². The van der Waals surface area contributed by atoms with Crippen LogP contribution in [0.2, 0.25) is 0 Å². The second-order valence-corrected chi connectivity index (χ2v) is 4.95. The second kappa shape index (κ2) is 5.93. The number of carbonyl (C=O) groups excluding carboxylic acids is 2. The molecule has 1 aliphatic rings. The topological polar surface area (TPSA) is 52.6 Å². The van der Waals surface area contributed by atoms with Gasteiger partial charge in [-0.25, -0.2) is 9.59 Å². The fourth-order valence-corrected chi connectivity index (χ4v) is 2.70. The molecule has 0 aliphatic heterocycles. The van der Waals surface area contributed by atoms with Crippen LogP contribution in [0.25, 0.3) is 11.1 Å². The molecular formula is C19H14O4. The van der Waals surface area contributed by atoms with Gasteiger partial charge in [-0.1, -0.05) is 49.6 Å². The summed E-state index contributed by atoms with van der Waals surface area (Å²) in [4.78, 5) is 23.3. The molecule has 3 rings (SSSR count). The van der Waals surface area contributed by atoms with E-state index in [1.807, 2.05) is 30.3 Å². The molecule has 114 valence electrons. The summed E-state index contributed by atoms with van der Waals surface area (Å²) in [5.74, 6) is -0.754. The van der Waals surface area contributed by atoms with Crippen LogP contribution in [0.3, 0.4) is 0 Å². The Balaban J connectivity index is 2.15. The maximum absolute atomic E-state index is 11.7. The molecular weight excluding hydrogens is 292 g/mol. The van der Waals surface area contributed by atoms with Crippen molar-refractivity contribution in [2.24, 2.45) is 0 Å². The lowest BCUT2D eigenvalue weighted by atomic mass is 10.1. The van der Waals surface area contributed by atoms with Crippen molar-refractivity contribution in [3.05, 3.63) is 78.9 Å². The maximum Gasteiger partial charge on any atom is 0.335 e. The third-order valence-corrected chi connectivity index (χ3v) is 3.64. The van der Waals surface area contributed by atoms with Gasteiger partial charge in [0.05, 0.1) is 0 Å². The Morgan fingerprint density at radius 1 is 0.913 bits per heavy atom. The molecule has 0 fully saturated rings. The molecule has 1 atom stereocenters. The molecule has 1 aliphatic carbocycles. The summed E-state index contributed by atoms with van der Waals surface area (Å²) in [5.41, 5.74) is 3.32. The number of fused-ring (bicyclic) bond motifs is 3. The van der Waals surface area contributed by atoms with Crippen LogP contribution in [0.15, 0.2) is 67.8 Å². The van der Waals surface area contributed by atoms with Crippen molar-refractivity contribution in [2.75, 3.05) is 0 Å². The summed E-state index contributed by atoms with van der Waals surface area (Å²) < 4.78 is 10.8. The van der Waals surface area contributed by atoms with Crippen LogP contribution >= 0.6 is 0 Å². The Kier molecular flexibility index (Phi) is 3.81. The molecule has 4 heteroatoms. The Morgan fingerprint density at radius 3 is 2.35 bits per heavy atom. The first-order valence-electron chi connectivity index (χ1n) is 7.05. The number of carbonyl (C=O) groups is 2. The van der Waals surface area contributed by atoms with Gasteiger partial charge in [0, 0.05) is 23.3 Å². The van der Waals surface area contributed by atoms with E-state index in [1.165, 1.54) is 0 Å². The van der Waals surface area contributed by atoms with Gasteiger partial charge < -0.3 is 9.47 Å².